The lowest BCUT2D eigenvalue weighted by Crippen LogP contribution is -2.04. The van der Waals surface area contributed by atoms with E-state index in [-0.39, 0.29) is 23.5 Å². The number of allylic oxidation sites excluding steroid dienone is 1. The molecule has 1 aliphatic rings. The Morgan fingerprint density at radius 1 is 1.21 bits per heavy atom. The van der Waals surface area contributed by atoms with E-state index in [4.69, 9.17) is 0 Å². The maximum absolute atomic E-state index is 12.3. The molecule has 2 rings (SSSR count). The van der Waals surface area contributed by atoms with Crippen LogP contribution in [0, 0.1) is 17.8 Å². The third-order valence-electron chi connectivity index (χ3n) is 3.94. The van der Waals surface area contributed by atoms with Crippen LogP contribution in [0.3, 0.4) is 0 Å². The van der Waals surface area contributed by atoms with Gasteiger partial charge in [0.1, 0.15) is 6.29 Å². The second kappa shape index (κ2) is 6.46. The number of aldehydes is 1. The number of carbonyl (C=O) groups excluding carboxylic acids is 2. The second-order valence-electron chi connectivity index (χ2n) is 5.21. The standard InChI is InChI=1S/C17H20O2/c1-2-3-4-8-11-14-15(12-18)16(14)17(19)13-9-6-5-7-10-13/h2,5-7,9-10,12,14-16H,1,3-4,8,11H2/t14-,15-,16+/m1/s1. The maximum atomic E-state index is 12.3. The zero-order valence-electron chi connectivity index (χ0n) is 11.1. The Morgan fingerprint density at radius 3 is 2.58 bits per heavy atom. The van der Waals surface area contributed by atoms with Crippen molar-refractivity contribution in [3.63, 3.8) is 0 Å². The van der Waals surface area contributed by atoms with E-state index in [0.29, 0.717) is 0 Å². The molecular weight excluding hydrogens is 236 g/mol. The molecule has 0 spiro atoms. The van der Waals surface area contributed by atoms with Crippen molar-refractivity contribution in [2.24, 2.45) is 17.8 Å². The average Bonchev–Trinajstić information content (AvgIpc) is 3.17. The van der Waals surface area contributed by atoms with Crippen molar-refractivity contribution in [2.45, 2.75) is 25.7 Å². The largest absolute Gasteiger partial charge is 0.303 e. The Kier molecular flexibility index (Phi) is 4.67. The van der Waals surface area contributed by atoms with Crippen LogP contribution in [-0.2, 0) is 4.79 Å². The normalized spacial score (nSPS) is 24.7. The Hall–Kier alpha value is -1.70. The minimum atomic E-state index is -0.0800. The van der Waals surface area contributed by atoms with E-state index in [2.05, 4.69) is 6.58 Å². The predicted octanol–water partition coefficient (Wildman–Crippen LogP) is 3.68. The van der Waals surface area contributed by atoms with E-state index in [1.54, 1.807) is 0 Å². The summed E-state index contributed by atoms with van der Waals surface area (Å²) in [6.07, 6.45) is 7.02. The van der Waals surface area contributed by atoms with Crippen molar-refractivity contribution in [1.29, 1.82) is 0 Å². The topological polar surface area (TPSA) is 34.1 Å². The minimum Gasteiger partial charge on any atom is -0.303 e. The van der Waals surface area contributed by atoms with Gasteiger partial charge in [-0.15, -0.1) is 6.58 Å². The molecule has 0 aromatic heterocycles. The molecule has 2 heteroatoms. The van der Waals surface area contributed by atoms with Crippen molar-refractivity contribution in [2.75, 3.05) is 0 Å². The molecule has 0 heterocycles. The number of benzene rings is 1. The van der Waals surface area contributed by atoms with Gasteiger partial charge >= 0.3 is 0 Å². The molecule has 1 aromatic carbocycles. The smallest absolute Gasteiger partial charge is 0.166 e. The van der Waals surface area contributed by atoms with Gasteiger partial charge in [-0.25, -0.2) is 0 Å². The minimum absolute atomic E-state index is 0.0589. The van der Waals surface area contributed by atoms with Gasteiger partial charge in [-0.1, -0.05) is 42.8 Å². The molecule has 100 valence electrons. The molecule has 0 amide bonds. The summed E-state index contributed by atoms with van der Waals surface area (Å²) in [6.45, 7) is 3.70. The van der Waals surface area contributed by atoms with Crippen molar-refractivity contribution in [3.8, 4) is 0 Å². The van der Waals surface area contributed by atoms with Crippen molar-refractivity contribution < 1.29 is 9.59 Å². The highest BCUT2D eigenvalue weighted by molar-refractivity contribution is 6.02. The summed E-state index contributed by atoms with van der Waals surface area (Å²) in [5.41, 5.74) is 0.730. The molecule has 0 N–H and O–H groups in total. The number of unbranched alkanes of at least 4 members (excludes halogenated alkanes) is 2. The highest BCUT2D eigenvalue weighted by Crippen LogP contribution is 2.49. The zero-order chi connectivity index (χ0) is 13.7. The number of hydrogen-bond donors (Lipinski definition) is 0. The number of ketones is 1. The molecule has 3 atom stereocenters. The first-order valence-electron chi connectivity index (χ1n) is 6.95. The van der Waals surface area contributed by atoms with Gasteiger partial charge in [0.15, 0.2) is 5.78 Å². The lowest BCUT2D eigenvalue weighted by molar-refractivity contribution is -0.109. The summed E-state index contributed by atoms with van der Waals surface area (Å²) >= 11 is 0. The summed E-state index contributed by atoms with van der Waals surface area (Å²) in [6, 6.07) is 9.29. The number of Topliss-reactive ketones (excluding diaryl/α,β-unsaturated/α-hetero) is 1. The van der Waals surface area contributed by atoms with E-state index >= 15 is 0 Å². The van der Waals surface area contributed by atoms with Crippen LogP contribution < -0.4 is 0 Å². The SMILES string of the molecule is C=CCCCC[C@@H]1[C@@H](C=O)[C@H]1C(=O)c1ccccc1. The molecule has 0 saturated heterocycles. The summed E-state index contributed by atoms with van der Waals surface area (Å²) in [4.78, 5) is 23.3. The third kappa shape index (κ3) is 3.19. The Bertz CT molecular complexity index is 450. The van der Waals surface area contributed by atoms with Crippen LogP contribution >= 0.6 is 0 Å². The molecule has 0 radical (unpaired) electrons. The molecule has 0 unspecified atom stereocenters. The van der Waals surface area contributed by atoms with Gasteiger partial charge in [-0.05, 0) is 25.2 Å². The van der Waals surface area contributed by atoms with Crippen LogP contribution in [0.1, 0.15) is 36.0 Å². The van der Waals surface area contributed by atoms with Gasteiger partial charge in [0.25, 0.3) is 0 Å². The Morgan fingerprint density at radius 2 is 1.95 bits per heavy atom. The molecular formula is C17H20O2. The average molecular weight is 256 g/mol. The van der Waals surface area contributed by atoms with Gasteiger partial charge in [0, 0.05) is 17.4 Å². The Balaban J connectivity index is 1.91. The maximum Gasteiger partial charge on any atom is 0.166 e. The zero-order valence-corrected chi connectivity index (χ0v) is 11.1. The van der Waals surface area contributed by atoms with E-state index < -0.39 is 0 Å². The van der Waals surface area contributed by atoms with Gasteiger partial charge in [0.2, 0.25) is 0 Å². The highest BCUT2D eigenvalue weighted by Gasteiger charge is 2.53. The highest BCUT2D eigenvalue weighted by atomic mass is 16.1. The van der Waals surface area contributed by atoms with Gasteiger partial charge in [-0.2, -0.15) is 0 Å². The van der Waals surface area contributed by atoms with Crippen LogP contribution in [0.25, 0.3) is 0 Å². The molecule has 0 aliphatic heterocycles. The van der Waals surface area contributed by atoms with Gasteiger partial charge in [-0.3, -0.25) is 4.79 Å². The van der Waals surface area contributed by atoms with Crippen LogP contribution in [-0.4, -0.2) is 12.1 Å². The summed E-state index contributed by atoms with van der Waals surface area (Å²) in [7, 11) is 0. The first-order chi connectivity index (χ1) is 9.29. The molecule has 1 aliphatic carbocycles. The fourth-order valence-corrected chi connectivity index (χ4v) is 2.79. The second-order valence-corrected chi connectivity index (χ2v) is 5.21. The fraction of sp³-hybridized carbons (Fsp3) is 0.412. The van der Waals surface area contributed by atoms with Crippen LogP contribution in [0.15, 0.2) is 43.0 Å². The third-order valence-corrected chi connectivity index (χ3v) is 3.94. The molecule has 1 saturated carbocycles. The van der Waals surface area contributed by atoms with Gasteiger partial charge in [0.05, 0.1) is 0 Å². The number of hydrogen-bond acceptors (Lipinski definition) is 2. The predicted molar refractivity (Wildman–Crippen MR) is 76.0 cm³/mol. The molecule has 1 fully saturated rings. The monoisotopic (exact) mass is 256 g/mol. The Labute approximate surface area is 114 Å². The van der Waals surface area contributed by atoms with E-state index in [0.717, 1.165) is 37.5 Å². The molecule has 2 nitrogen and oxygen atoms in total. The lowest BCUT2D eigenvalue weighted by Gasteiger charge is -2.00. The van der Waals surface area contributed by atoms with Crippen molar-refractivity contribution in [1.82, 2.24) is 0 Å². The van der Waals surface area contributed by atoms with Crippen molar-refractivity contribution >= 4 is 12.1 Å². The van der Waals surface area contributed by atoms with Gasteiger partial charge < -0.3 is 4.79 Å². The lowest BCUT2D eigenvalue weighted by atomic mass is 10.0. The van der Waals surface area contributed by atoms with E-state index in [1.807, 2.05) is 36.4 Å². The number of rotatable bonds is 8. The van der Waals surface area contributed by atoms with Crippen molar-refractivity contribution in [3.05, 3.63) is 48.6 Å². The molecule has 19 heavy (non-hydrogen) atoms. The van der Waals surface area contributed by atoms with E-state index in [1.165, 1.54) is 0 Å². The summed E-state index contributed by atoms with van der Waals surface area (Å²) in [5, 5.41) is 0. The number of carbonyl (C=O) groups is 2. The fourth-order valence-electron chi connectivity index (χ4n) is 2.79. The van der Waals surface area contributed by atoms with E-state index in [9.17, 15) is 9.59 Å². The van der Waals surface area contributed by atoms with Crippen LogP contribution in [0.4, 0.5) is 0 Å². The van der Waals surface area contributed by atoms with Crippen LogP contribution in [0.5, 0.6) is 0 Å². The molecule has 0 bridgehead atoms. The van der Waals surface area contributed by atoms with Crippen LogP contribution in [0.2, 0.25) is 0 Å². The first kappa shape index (κ1) is 13.7. The quantitative estimate of drug-likeness (QED) is 0.308. The molecule has 1 aromatic rings. The summed E-state index contributed by atoms with van der Waals surface area (Å²) < 4.78 is 0. The summed E-state index contributed by atoms with van der Waals surface area (Å²) in [5.74, 6) is 0.251. The first-order valence-corrected chi connectivity index (χ1v) is 6.95.